The molecule has 2 aromatic rings. The highest BCUT2D eigenvalue weighted by Gasteiger charge is 2.66. The molecule has 1 unspecified atom stereocenters. The van der Waals surface area contributed by atoms with Crippen LogP contribution in [0.25, 0.3) is 0 Å². The van der Waals surface area contributed by atoms with E-state index < -0.39 is 64.6 Å². The first-order valence-electron chi connectivity index (χ1n) is 16.0. The average Bonchev–Trinajstić information content (AvgIpc) is 3.61. The quantitative estimate of drug-likeness (QED) is 0.0354. The van der Waals surface area contributed by atoms with Gasteiger partial charge in [-0.3, -0.25) is 43.4 Å². The largest absolute Gasteiger partial charge is 0.477 e. The zero-order chi connectivity index (χ0) is 40.2. The molecule has 3 atom stereocenters. The molecule has 0 spiro atoms. The smallest absolute Gasteiger partial charge is 0.352 e. The fourth-order valence-corrected chi connectivity index (χ4v) is 8.92. The third-order valence-electron chi connectivity index (χ3n) is 8.17. The number of thioether (sulfide) groups is 2. The number of piperazine rings is 1. The molecule has 292 valence electrons. The molecule has 0 bridgehead atoms. The number of aliphatic carboxylic acids is 1. The number of nitrogens with zero attached hydrogens (tertiary/aromatic N) is 5. The van der Waals surface area contributed by atoms with Crippen LogP contribution in [0.1, 0.15) is 32.4 Å². The lowest BCUT2D eigenvalue weighted by Gasteiger charge is -2.56. The predicted octanol–water partition coefficient (Wildman–Crippen LogP) is -0.557. The normalized spacial score (nSPS) is 19.8. The first kappa shape index (κ1) is 40.4. The Kier molecular flexibility index (Phi) is 12.3. The summed E-state index contributed by atoms with van der Waals surface area (Å²) >= 11 is 3.33. The van der Waals surface area contributed by atoms with Crippen LogP contribution in [0.4, 0.5) is 4.79 Å². The van der Waals surface area contributed by atoms with Crippen LogP contribution < -0.4 is 30.2 Å². The lowest BCUT2D eigenvalue weighted by atomic mass is 9.94. The van der Waals surface area contributed by atoms with Gasteiger partial charge in [-0.2, -0.15) is 0 Å². The van der Waals surface area contributed by atoms with Crippen LogP contribution in [-0.2, 0) is 38.4 Å². The Balaban J connectivity index is 1.48. The molecule has 21 nitrogen and oxygen atoms in total. The number of carbonyl (C=O) groups is 9. The minimum atomic E-state index is -2.24. The van der Waals surface area contributed by atoms with Crippen LogP contribution in [0.5, 0.6) is 16.7 Å². The molecule has 7 amide bonds. The second kappa shape index (κ2) is 16.7. The highest BCUT2D eigenvalue weighted by molar-refractivity contribution is 8.01. The summed E-state index contributed by atoms with van der Waals surface area (Å²) in [6.07, 6.45) is 0.131. The Morgan fingerprint density at radius 1 is 1.07 bits per heavy atom. The van der Waals surface area contributed by atoms with Crippen molar-refractivity contribution in [3.8, 4) is 16.7 Å². The van der Waals surface area contributed by atoms with Crippen molar-refractivity contribution < 1.29 is 62.5 Å². The standard InChI is InChI=1S/C31H32N8O13S3/c1-5-37-8-9-38(24(45)23(37)44)28(49)33-20(16-6-7-18(51-14(2)41)19(10-16)52-15(3)42)22(43)34-31(32-13-40)26(48)39-21(25(46)47)17(11-53-27(31)39)12-54-30-36-35-29(50-4)55-30/h6-7,10,13,20,27H,5,8-9,11-12H2,1-4H3,(H,32,40)(H,33,49)(H,34,43)(H,46,47)/t20?,27-,31+/m0/s1. The number of benzene rings is 1. The summed E-state index contributed by atoms with van der Waals surface area (Å²) in [6.45, 7) is 3.75. The molecule has 24 heteroatoms. The Hall–Kier alpha value is -5.75. The Morgan fingerprint density at radius 2 is 1.78 bits per heavy atom. The maximum atomic E-state index is 14.3. The van der Waals surface area contributed by atoms with E-state index in [2.05, 4.69) is 26.1 Å². The van der Waals surface area contributed by atoms with Gasteiger partial charge in [-0.05, 0) is 41.5 Å². The second-order valence-electron chi connectivity index (χ2n) is 11.6. The molecule has 2 saturated heterocycles. The third kappa shape index (κ3) is 8.19. The van der Waals surface area contributed by atoms with Gasteiger partial charge in [0.25, 0.3) is 11.1 Å². The maximum Gasteiger partial charge on any atom is 0.352 e. The lowest BCUT2D eigenvalue weighted by Crippen LogP contribution is -2.85. The number of rotatable bonds is 14. The number of carboxylic acids is 1. The van der Waals surface area contributed by atoms with Gasteiger partial charge in [0.2, 0.25) is 18.0 Å². The summed E-state index contributed by atoms with van der Waals surface area (Å²) in [6, 6.07) is 0.421. The number of carboxylic acid groups (broad SMARTS) is 1. The van der Waals surface area contributed by atoms with E-state index >= 15 is 0 Å². The van der Waals surface area contributed by atoms with E-state index in [1.165, 1.54) is 18.1 Å². The highest BCUT2D eigenvalue weighted by atomic mass is 32.2. The van der Waals surface area contributed by atoms with Crippen LogP contribution in [-0.4, -0.2) is 133 Å². The minimum absolute atomic E-state index is 0.00346. The second-order valence-corrected chi connectivity index (χ2v) is 14.8. The topological polar surface area (TPSA) is 273 Å². The van der Waals surface area contributed by atoms with Crippen LogP contribution in [0, 0.1) is 0 Å². The number of aromatic nitrogens is 2. The first-order valence-corrected chi connectivity index (χ1v) is 18.9. The summed E-state index contributed by atoms with van der Waals surface area (Å²) in [5.41, 5.74) is -2.41. The van der Waals surface area contributed by atoms with Crippen LogP contribution in [0.2, 0.25) is 0 Å². The van der Waals surface area contributed by atoms with E-state index in [-0.39, 0.29) is 60.3 Å². The number of esters is 2. The lowest BCUT2D eigenvalue weighted by molar-refractivity contribution is -0.163. The molecule has 5 rings (SSSR count). The van der Waals surface area contributed by atoms with Crippen molar-refractivity contribution in [2.24, 2.45) is 0 Å². The molecule has 4 heterocycles. The molecule has 55 heavy (non-hydrogen) atoms. The summed E-state index contributed by atoms with van der Waals surface area (Å²) in [5, 5.41) is 24.2. The number of ether oxygens (including phenoxy) is 3. The number of imide groups is 1. The van der Waals surface area contributed by atoms with Gasteiger partial charge in [-0.15, -0.1) is 16.9 Å². The minimum Gasteiger partial charge on any atom is -0.477 e. The van der Waals surface area contributed by atoms with Gasteiger partial charge in [0, 0.05) is 45.0 Å². The van der Waals surface area contributed by atoms with E-state index in [4.69, 9.17) is 14.2 Å². The molecule has 3 aliphatic heterocycles. The van der Waals surface area contributed by atoms with Crippen molar-refractivity contribution in [3.05, 3.63) is 35.0 Å². The fourth-order valence-electron chi connectivity index (χ4n) is 5.71. The van der Waals surface area contributed by atoms with Crippen molar-refractivity contribution in [2.75, 3.05) is 38.2 Å². The number of hydrogen-bond acceptors (Lipinski definition) is 17. The van der Waals surface area contributed by atoms with Gasteiger partial charge in [0.05, 0.1) is 7.11 Å². The van der Waals surface area contributed by atoms with Gasteiger partial charge < -0.3 is 40.2 Å². The number of urea groups is 1. The fraction of sp³-hybridized carbons (Fsp3) is 0.387. The zero-order valence-electron chi connectivity index (χ0n) is 29.3. The van der Waals surface area contributed by atoms with Crippen molar-refractivity contribution in [3.63, 3.8) is 0 Å². The van der Waals surface area contributed by atoms with E-state index in [1.54, 1.807) is 6.92 Å². The van der Waals surface area contributed by atoms with Crippen molar-refractivity contribution in [1.29, 1.82) is 0 Å². The van der Waals surface area contributed by atoms with E-state index in [0.717, 1.165) is 65.7 Å². The Labute approximate surface area is 323 Å². The molecule has 1 aromatic heterocycles. The zero-order valence-corrected chi connectivity index (χ0v) is 31.8. The third-order valence-corrected chi connectivity index (χ3v) is 11.7. The highest BCUT2D eigenvalue weighted by Crippen LogP contribution is 2.46. The number of β-lactam (4-membered cyclic amide) rings is 1. The van der Waals surface area contributed by atoms with Crippen LogP contribution in [0.15, 0.2) is 33.8 Å². The Bertz CT molecular complexity index is 2010. The number of carbonyl (C=O) groups excluding carboxylic acids is 8. The van der Waals surface area contributed by atoms with E-state index in [9.17, 15) is 48.3 Å². The van der Waals surface area contributed by atoms with Crippen molar-refractivity contribution >= 4 is 88.8 Å². The Morgan fingerprint density at radius 3 is 2.40 bits per heavy atom. The number of likely N-dealkylation sites (N-methyl/N-ethyl adjacent to an activating group) is 1. The van der Waals surface area contributed by atoms with Gasteiger partial charge in [0.15, 0.2) is 15.8 Å². The molecule has 3 aliphatic rings. The predicted molar refractivity (Wildman–Crippen MR) is 189 cm³/mol. The molecule has 0 aliphatic carbocycles. The summed E-state index contributed by atoms with van der Waals surface area (Å²) < 4.78 is 15.8. The number of amides is 7. The van der Waals surface area contributed by atoms with E-state index in [0.29, 0.717) is 20.0 Å². The summed E-state index contributed by atoms with van der Waals surface area (Å²) in [5.74, 6) is -7.85. The molecular formula is C31H32N8O13S3. The average molecular weight is 821 g/mol. The molecule has 0 saturated carbocycles. The van der Waals surface area contributed by atoms with Gasteiger partial charge in [-0.1, -0.05) is 22.9 Å². The van der Waals surface area contributed by atoms with Crippen molar-refractivity contribution in [2.45, 2.75) is 42.2 Å². The monoisotopic (exact) mass is 820 g/mol. The van der Waals surface area contributed by atoms with Crippen LogP contribution in [0.3, 0.4) is 0 Å². The first-order chi connectivity index (χ1) is 26.1. The van der Waals surface area contributed by atoms with Gasteiger partial charge in [-0.25, -0.2) is 9.59 Å². The molecule has 2 fully saturated rings. The van der Waals surface area contributed by atoms with Crippen LogP contribution >= 0.6 is 34.9 Å². The molecule has 0 radical (unpaired) electrons. The number of fused-ring (bicyclic) bond motifs is 1. The van der Waals surface area contributed by atoms with E-state index in [1.807, 2.05) is 0 Å². The van der Waals surface area contributed by atoms with Crippen molar-refractivity contribution in [1.82, 2.24) is 40.8 Å². The van der Waals surface area contributed by atoms with Gasteiger partial charge in [0.1, 0.15) is 17.1 Å². The molecular weight excluding hydrogens is 789 g/mol. The maximum absolute atomic E-state index is 14.3. The number of nitrogens with one attached hydrogen (secondary N) is 3. The number of hydrogen-bond donors (Lipinski definition) is 4. The SMILES string of the molecule is CCN1CCN(C(=O)NC(C(=O)N[C@]2(NC=O)C(=O)N3C(C(=O)O)=C(CSc4nnc(OC)s4)CS[C@H]32)c2ccc(OC(C)=O)c(OC(C)=O)c2)C(=O)C1=O. The number of methoxy groups -OCH3 is 1. The summed E-state index contributed by atoms with van der Waals surface area (Å²) in [7, 11) is 1.42. The van der Waals surface area contributed by atoms with Gasteiger partial charge >= 0.3 is 35.8 Å². The molecule has 1 aromatic carbocycles. The summed E-state index contributed by atoms with van der Waals surface area (Å²) in [4.78, 5) is 118. The molecule has 4 N–H and O–H groups in total.